The topological polar surface area (TPSA) is 29.5 Å². The molecule has 106 valence electrons. The minimum Gasteiger partial charge on any atom is -0.497 e. The summed E-state index contributed by atoms with van der Waals surface area (Å²) in [7, 11) is 1.64. The quantitative estimate of drug-likeness (QED) is 0.916. The lowest BCUT2D eigenvalue weighted by atomic mass is 9.87. The molecule has 1 atom stereocenters. The Kier molecular flexibility index (Phi) is 4.15. The normalized spacial score (nSPS) is 13.8. The highest BCUT2D eigenvalue weighted by molar-refractivity contribution is 5.36. The average Bonchev–Trinajstić information content (AvgIpc) is 2.43. The van der Waals surface area contributed by atoms with E-state index < -0.39 is 5.60 Å². The number of benzene rings is 2. The van der Waals surface area contributed by atoms with Crippen LogP contribution in [0.15, 0.2) is 42.5 Å². The van der Waals surface area contributed by atoms with Gasteiger partial charge >= 0.3 is 0 Å². The Balaban J connectivity index is 2.32. The van der Waals surface area contributed by atoms with Crippen LogP contribution >= 0.6 is 0 Å². The van der Waals surface area contributed by atoms with Gasteiger partial charge in [0.15, 0.2) is 0 Å². The Hall–Kier alpha value is -1.80. The molecular formula is C18H22O2. The molecule has 2 rings (SSSR count). The Bertz CT molecular complexity index is 600. The minimum absolute atomic E-state index is 0.591. The van der Waals surface area contributed by atoms with Crippen LogP contribution in [0.2, 0.25) is 0 Å². The summed E-state index contributed by atoms with van der Waals surface area (Å²) in [5, 5.41) is 10.8. The highest BCUT2D eigenvalue weighted by atomic mass is 16.5. The lowest BCUT2D eigenvalue weighted by molar-refractivity contribution is 0.0572. The second-order valence-corrected chi connectivity index (χ2v) is 5.61. The largest absolute Gasteiger partial charge is 0.497 e. The Morgan fingerprint density at radius 1 is 1.10 bits per heavy atom. The molecule has 2 aromatic rings. The summed E-state index contributed by atoms with van der Waals surface area (Å²) in [6, 6.07) is 14.0. The monoisotopic (exact) mass is 270 g/mol. The fraction of sp³-hybridized carbons (Fsp3) is 0.333. The van der Waals surface area contributed by atoms with Crippen molar-refractivity contribution >= 4 is 0 Å². The van der Waals surface area contributed by atoms with Crippen LogP contribution in [0.25, 0.3) is 0 Å². The van der Waals surface area contributed by atoms with Crippen molar-refractivity contribution in [1.82, 2.24) is 0 Å². The number of methoxy groups -OCH3 is 1. The van der Waals surface area contributed by atoms with E-state index in [-0.39, 0.29) is 0 Å². The van der Waals surface area contributed by atoms with Crippen LogP contribution in [0.5, 0.6) is 5.75 Å². The smallest absolute Gasteiger partial charge is 0.119 e. The van der Waals surface area contributed by atoms with Crippen LogP contribution in [0.3, 0.4) is 0 Å². The molecule has 0 saturated heterocycles. The van der Waals surface area contributed by atoms with E-state index in [0.717, 1.165) is 11.3 Å². The second-order valence-electron chi connectivity index (χ2n) is 5.61. The molecule has 0 heterocycles. The molecule has 0 amide bonds. The molecule has 1 unspecified atom stereocenters. The van der Waals surface area contributed by atoms with Crippen LogP contribution < -0.4 is 4.74 Å². The molecule has 1 N–H and O–H groups in total. The number of ether oxygens (including phenoxy) is 1. The predicted molar refractivity (Wildman–Crippen MR) is 82.2 cm³/mol. The van der Waals surface area contributed by atoms with E-state index in [0.29, 0.717) is 6.42 Å². The third-order valence-corrected chi connectivity index (χ3v) is 3.73. The number of hydrogen-bond donors (Lipinski definition) is 1. The molecule has 0 aliphatic rings. The summed E-state index contributed by atoms with van der Waals surface area (Å²) in [6.45, 7) is 6.00. The summed E-state index contributed by atoms with van der Waals surface area (Å²) in [4.78, 5) is 0. The van der Waals surface area contributed by atoms with Crippen molar-refractivity contribution in [3.8, 4) is 5.75 Å². The van der Waals surface area contributed by atoms with E-state index in [9.17, 15) is 5.11 Å². The van der Waals surface area contributed by atoms with E-state index in [4.69, 9.17) is 4.74 Å². The van der Waals surface area contributed by atoms with E-state index in [1.165, 1.54) is 16.7 Å². The maximum Gasteiger partial charge on any atom is 0.119 e. The lowest BCUT2D eigenvalue weighted by Gasteiger charge is -2.25. The summed E-state index contributed by atoms with van der Waals surface area (Å²) in [5.41, 5.74) is 3.56. The molecular weight excluding hydrogens is 248 g/mol. The van der Waals surface area contributed by atoms with Crippen LogP contribution in [-0.2, 0) is 12.0 Å². The van der Waals surface area contributed by atoms with Crippen molar-refractivity contribution in [3.05, 3.63) is 64.7 Å². The summed E-state index contributed by atoms with van der Waals surface area (Å²) in [6.07, 6.45) is 0.591. The van der Waals surface area contributed by atoms with Crippen molar-refractivity contribution in [1.29, 1.82) is 0 Å². The molecule has 0 bridgehead atoms. The molecule has 0 spiro atoms. The average molecular weight is 270 g/mol. The molecule has 0 fully saturated rings. The van der Waals surface area contributed by atoms with Crippen molar-refractivity contribution in [3.63, 3.8) is 0 Å². The highest BCUT2D eigenvalue weighted by Gasteiger charge is 2.24. The van der Waals surface area contributed by atoms with Crippen molar-refractivity contribution in [2.24, 2.45) is 0 Å². The van der Waals surface area contributed by atoms with Gasteiger partial charge < -0.3 is 9.84 Å². The Labute approximate surface area is 121 Å². The van der Waals surface area contributed by atoms with Gasteiger partial charge in [0.1, 0.15) is 5.75 Å². The van der Waals surface area contributed by atoms with Crippen molar-refractivity contribution in [2.45, 2.75) is 32.8 Å². The van der Waals surface area contributed by atoms with Gasteiger partial charge in [-0.05, 0) is 49.6 Å². The molecule has 2 heteroatoms. The first-order valence-corrected chi connectivity index (χ1v) is 6.85. The number of aliphatic hydroxyl groups is 1. The highest BCUT2D eigenvalue weighted by Crippen LogP contribution is 2.29. The van der Waals surface area contributed by atoms with Gasteiger partial charge in [0.05, 0.1) is 12.7 Å². The summed E-state index contributed by atoms with van der Waals surface area (Å²) >= 11 is 0. The fourth-order valence-corrected chi connectivity index (χ4v) is 2.42. The molecule has 0 saturated carbocycles. The fourth-order valence-electron chi connectivity index (χ4n) is 2.42. The van der Waals surface area contributed by atoms with Gasteiger partial charge in [-0.1, -0.05) is 35.9 Å². The summed E-state index contributed by atoms with van der Waals surface area (Å²) < 4.78 is 5.23. The molecule has 20 heavy (non-hydrogen) atoms. The lowest BCUT2D eigenvalue weighted by Crippen LogP contribution is -2.24. The molecule has 2 nitrogen and oxygen atoms in total. The maximum atomic E-state index is 10.8. The SMILES string of the molecule is COc1cccc(C(C)(O)Cc2cc(C)ccc2C)c1. The molecule has 0 radical (unpaired) electrons. The van der Waals surface area contributed by atoms with Gasteiger partial charge in [0.25, 0.3) is 0 Å². The zero-order valence-corrected chi connectivity index (χ0v) is 12.6. The maximum absolute atomic E-state index is 10.8. The van der Waals surface area contributed by atoms with E-state index in [1.807, 2.05) is 31.2 Å². The number of hydrogen-bond acceptors (Lipinski definition) is 2. The number of rotatable bonds is 4. The van der Waals surface area contributed by atoms with Crippen molar-refractivity contribution < 1.29 is 9.84 Å². The number of aryl methyl sites for hydroxylation is 2. The zero-order valence-electron chi connectivity index (χ0n) is 12.6. The van der Waals surface area contributed by atoms with Gasteiger partial charge in [-0.3, -0.25) is 0 Å². The van der Waals surface area contributed by atoms with Gasteiger partial charge in [-0.2, -0.15) is 0 Å². The van der Waals surface area contributed by atoms with Gasteiger partial charge in [-0.15, -0.1) is 0 Å². The third kappa shape index (κ3) is 3.20. The zero-order chi connectivity index (χ0) is 14.8. The molecule has 2 aromatic carbocycles. The predicted octanol–water partition coefficient (Wildman–Crippen LogP) is 3.76. The molecule has 0 aromatic heterocycles. The van der Waals surface area contributed by atoms with Crippen LogP contribution in [0.1, 0.15) is 29.2 Å². The van der Waals surface area contributed by atoms with Crippen LogP contribution in [0.4, 0.5) is 0 Å². The van der Waals surface area contributed by atoms with Crippen LogP contribution in [-0.4, -0.2) is 12.2 Å². The third-order valence-electron chi connectivity index (χ3n) is 3.73. The first-order chi connectivity index (χ1) is 9.42. The standard InChI is InChI=1S/C18H22O2/c1-13-8-9-14(2)15(10-13)12-18(3,19)16-6-5-7-17(11-16)20-4/h5-11,19H,12H2,1-4H3. The van der Waals surface area contributed by atoms with Gasteiger partial charge in [0.2, 0.25) is 0 Å². The first-order valence-electron chi connectivity index (χ1n) is 6.85. The van der Waals surface area contributed by atoms with Gasteiger partial charge in [-0.25, -0.2) is 0 Å². The van der Waals surface area contributed by atoms with Gasteiger partial charge in [0, 0.05) is 6.42 Å². The second kappa shape index (κ2) is 5.68. The van der Waals surface area contributed by atoms with E-state index >= 15 is 0 Å². The van der Waals surface area contributed by atoms with E-state index in [1.54, 1.807) is 7.11 Å². The minimum atomic E-state index is -0.910. The summed E-state index contributed by atoms with van der Waals surface area (Å²) in [5.74, 6) is 0.767. The first kappa shape index (κ1) is 14.6. The molecule has 0 aliphatic heterocycles. The Morgan fingerprint density at radius 3 is 2.55 bits per heavy atom. The van der Waals surface area contributed by atoms with Crippen LogP contribution in [0, 0.1) is 13.8 Å². The van der Waals surface area contributed by atoms with Crippen molar-refractivity contribution in [2.75, 3.05) is 7.11 Å². The molecule has 0 aliphatic carbocycles. The Morgan fingerprint density at radius 2 is 1.85 bits per heavy atom. The van der Waals surface area contributed by atoms with E-state index in [2.05, 4.69) is 32.0 Å².